The van der Waals surface area contributed by atoms with Crippen LogP contribution in [-0.4, -0.2) is 29.3 Å². The first-order chi connectivity index (χ1) is 14.2. The molecule has 2 aromatic carbocycles. The molecule has 7 heteroatoms. The van der Waals surface area contributed by atoms with Crippen LogP contribution in [0.2, 0.25) is 0 Å². The Labute approximate surface area is 167 Å². The van der Waals surface area contributed by atoms with E-state index in [1.165, 1.54) is 0 Å². The van der Waals surface area contributed by atoms with E-state index in [4.69, 9.17) is 19.3 Å². The van der Waals surface area contributed by atoms with Gasteiger partial charge in [-0.15, -0.1) is 0 Å². The van der Waals surface area contributed by atoms with Gasteiger partial charge < -0.3 is 18.9 Å². The molecule has 1 saturated heterocycles. The number of rotatable bonds is 3. The highest BCUT2D eigenvalue weighted by molar-refractivity contribution is 5.93. The smallest absolute Gasteiger partial charge is 0.276 e. The number of nitrogens with zero attached hydrogens (tertiary/aromatic N) is 3. The highest BCUT2D eigenvalue weighted by Gasteiger charge is 2.32. The van der Waals surface area contributed by atoms with E-state index in [1.54, 1.807) is 18.2 Å². The topological polar surface area (TPSA) is 88.6 Å². The van der Waals surface area contributed by atoms with E-state index in [0.29, 0.717) is 29.4 Å². The van der Waals surface area contributed by atoms with Crippen molar-refractivity contribution in [3.05, 3.63) is 65.4 Å². The van der Waals surface area contributed by atoms with Crippen LogP contribution >= 0.6 is 0 Å². The molecule has 2 aliphatic rings. The number of likely N-dealkylation sites (tertiary alicyclic amines) is 1. The second kappa shape index (κ2) is 6.99. The number of amides is 1. The molecular weight excluding hydrogens is 370 g/mol. The Morgan fingerprint density at radius 3 is 2.76 bits per heavy atom. The van der Waals surface area contributed by atoms with Crippen LogP contribution in [0.3, 0.4) is 0 Å². The van der Waals surface area contributed by atoms with Crippen molar-refractivity contribution in [3.8, 4) is 28.9 Å². The summed E-state index contributed by atoms with van der Waals surface area (Å²) in [5, 5.41) is 13.0. The Morgan fingerprint density at radius 2 is 1.93 bits per heavy atom. The summed E-state index contributed by atoms with van der Waals surface area (Å²) < 4.78 is 16.2. The van der Waals surface area contributed by atoms with Gasteiger partial charge in [0.1, 0.15) is 0 Å². The molecule has 7 nitrogen and oxygen atoms in total. The number of aromatic nitrogens is 1. The summed E-state index contributed by atoms with van der Waals surface area (Å²) in [6, 6.07) is 16.6. The summed E-state index contributed by atoms with van der Waals surface area (Å²) in [6.45, 7) is 0.861. The van der Waals surface area contributed by atoms with Crippen LogP contribution < -0.4 is 9.47 Å². The van der Waals surface area contributed by atoms with Crippen LogP contribution in [-0.2, 0) is 0 Å². The lowest BCUT2D eigenvalue weighted by molar-refractivity contribution is 0.0725. The van der Waals surface area contributed by atoms with Gasteiger partial charge in [-0.25, -0.2) is 0 Å². The molecule has 29 heavy (non-hydrogen) atoms. The quantitative estimate of drug-likeness (QED) is 0.677. The molecule has 3 heterocycles. The van der Waals surface area contributed by atoms with E-state index in [1.807, 2.05) is 35.2 Å². The Kier molecular flexibility index (Phi) is 4.17. The molecule has 0 spiro atoms. The highest BCUT2D eigenvalue weighted by atomic mass is 16.7. The van der Waals surface area contributed by atoms with Crippen molar-refractivity contribution in [1.29, 1.82) is 5.26 Å². The zero-order valence-corrected chi connectivity index (χ0v) is 15.5. The molecule has 3 aromatic rings. The zero-order chi connectivity index (χ0) is 19.8. The minimum absolute atomic E-state index is 0.0269. The lowest BCUT2D eigenvalue weighted by Crippen LogP contribution is -2.30. The molecule has 1 atom stereocenters. The molecule has 1 fully saturated rings. The maximum Gasteiger partial charge on any atom is 0.276 e. The summed E-state index contributed by atoms with van der Waals surface area (Å²) in [4.78, 5) is 14.9. The molecule has 5 rings (SSSR count). The molecule has 0 bridgehead atoms. The number of ether oxygens (including phenoxy) is 2. The van der Waals surface area contributed by atoms with Gasteiger partial charge in [0.25, 0.3) is 5.91 Å². The van der Waals surface area contributed by atoms with Gasteiger partial charge in [0.2, 0.25) is 6.79 Å². The highest BCUT2D eigenvalue weighted by Crippen LogP contribution is 2.37. The third-order valence-corrected chi connectivity index (χ3v) is 5.32. The van der Waals surface area contributed by atoms with Crippen LogP contribution in [0.4, 0.5) is 0 Å². The number of carbonyl (C=O) groups is 1. The van der Waals surface area contributed by atoms with Gasteiger partial charge in [0, 0.05) is 18.2 Å². The lowest BCUT2D eigenvalue weighted by atomic mass is 10.0. The van der Waals surface area contributed by atoms with Crippen molar-refractivity contribution in [2.24, 2.45) is 0 Å². The van der Waals surface area contributed by atoms with E-state index >= 15 is 0 Å². The van der Waals surface area contributed by atoms with Crippen molar-refractivity contribution in [2.75, 3.05) is 13.3 Å². The number of hydrogen-bond acceptors (Lipinski definition) is 6. The number of hydrogen-bond donors (Lipinski definition) is 0. The maximum atomic E-state index is 13.1. The van der Waals surface area contributed by atoms with Crippen LogP contribution in [0.15, 0.2) is 53.1 Å². The molecule has 2 aliphatic heterocycles. The molecule has 1 unspecified atom stereocenters. The molecule has 0 radical (unpaired) electrons. The van der Waals surface area contributed by atoms with Gasteiger partial charge in [0.05, 0.1) is 17.7 Å². The molecular formula is C22H17N3O4. The largest absolute Gasteiger partial charge is 0.454 e. The summed E-state index contributed by atoms with van der Waals surface area (Å²) >= 11 is 0. The average molecular weight is 387 g/mol. The summed E-state index contributed by atoms with van der Waals surface area (Å²) in [5.74, 6) is 1.67. The maximum absolute atomic E-state index is 13.1. The lowest BCUT2D eigenvalue weighted by Gasteiger charge is -2.24. The third-order valence-electron chi connectivity index (χ3n) is 5.32. The van der Waals surface area contributed by atoms with E-state index < -0.39 is 0 Å². The first-order valence-electron chi connectivity index (χ1n) is 9.41. The van der Waals surface area contributed by atoms with E-state index in [-0.39, 0.29) is 24.4 Å². The predicted octanol–water partition coefficient (Wildman–Crippen LogP) is 3.92. The fraction of sp³-hybridized carbons (Fsp3) is 0.227. The minimum Gasteiger partial charge on any atom is -0.454 e. The third kappa shape index (κ3) is 3.09. The molecule has 0 saturated carbocycles. The first kappa shape index (κ1) is 17.3. The standard InChI is InChI=1S/C22H17N3O4/c23-12-14-3-5-15(6-4-14)18-2-1-9-25(18)22(26)17-11-20(29-24-17)16-7-8-19-21(10-16)28-13-27-19/h3-8,10-11,18H,1-2,9,13H2. The van der Waals surface area contributed by atoms with Gasteiger partial charge in [-0.3, -0.25) is 4.79 Å². The number of nitriles is 1. The number of carbonyl (C=O) groups excluding carboxylic acids is 1. The van der Waals surface area contributed by atoms with Gasteiger partial charge in [-0.2, -0.15) is 5.26 Å². The van der Waals surface area contributed by atoms with Crippen molar-refractivity contribution in [1.82, 2.24) is 10.1 Å². The Hall–Kier alpha value is -3.79. The van der Waals surface area contributed by atoms with Crippen molar-refractivity contribution < 1.29 is 18.8 Å². The fourth-order valence-electron chi connectivity index (χ4n) is 3.85. The van der Waals surface area contributed by atoms with Gasteiger partial charge in [-0.05, 0) is 48.7 Å². The Balaban J connectivity index is 1.38. The summed E-state index contributed by atoms with van der Waals surface area (Å²) in [7, 11) is 0. The second-order valence-electron chi connectivity index (χ2n) is 7.03. The zero-order valence-electron chi connectivity index (χ0n) is 15.5. The van der Waals surface area contributed by atoms with Crippen LogP contribution in [0.25, 0.3) is 11.3 Å². The Bertz CT molecular complexity index is 1110. The molecule has 144 valence electrons. The second-order valence-corrected chi connectivity index (χ2v) is 7.03. The molecule has 1 amide bonds. The average Bonchev–Trinajstić information content (AvgIpc) is 3.53. The van der Waals surface area contributed by atoms with Crippen molar-refractivity contribution in [3.63, 3.8) is 0 Å². The van der Waals surface area contributed by atoms with Crippen molar-refractivity contribution >= 4 is 5.91 Å². The van der Waals surface area contributed by atoms with Gasteiger partial charge in [0.15, 0.2) is 23.0 Å². The number of benzene rings is 2. The van der Waals surface area contributed by atoms with E-state index in [9.17, 15) is 4.79 Å². The summed E-state index contributed by atoms with van der Waals surface area (Å²) in [5.41, 5.74) is 2.67. The van der Waals surface area contributed by atoms with Crippen LogP contribution in [0.5, 0.6) is 11.5 Å². The van der Waals surface area contributed by atoms with Crippen LogP contribution in [0.1, 0.15) is 40.5 Å². The predicted molar refractivity (Wildman–Crippen MR) is 102 cm³/mol. The normalized spacial score (nSPS) is 17.3. The first-order valence-corrected chi connectivity index (χ1v) is 9.41. The number of fused-ring (bicyclic) bond motifs is 1. The van der Waals surface area contributed by atoms with Gasteiger partial charge in [-0.1, -0.05) is 17.3 Å². The molecule has 1 aromatic heterocycles. The molecule has 0 N–H and O–H groups in total. The van der Waals surface area contributed by atoms with Crippen molar-refractivity contribution in [2.45, 2.75) is 18.9 Å². The minimum atomic E-state index is -0.160. The van der Waals surface area contributed by atoms with E-state index in [2.05, 4.69) is 11.2 Å². The SMILES string of the molecule is N#Cc1ccc(C2CCCN2C(=O)c2cc(-c3ccc4c(c3)OCO4)on2)cc1. The fourth-order valence-corrected chi connectivity index (χ4v) is 3.85. The summed E-state index contributed by atoms with van der Waals surface area (Å²) in [6.07, 6.45) is 1.80. The Morgan fingerprint density at radius 1 is 1.10 bits per heavy atom. The van der Waals surface area contributed by atoms with E-state index in [0.717, 1.165) is 24.0 Å². The van der Waals surface area contributed by atoms with Gasteiger partial charge >= 0.3 is 0 Å². The monoisotopic (exact) mass is 387 g/mol. The molecule has 0 aliphatic carbocycles. The van der Waals surface area contributed by atoms with Crippen LogP contribution in [0, 0.1) is 11.3 Å².